The monoisotopic (exact) mass is 395 g/mol. The van der Waals surface area contributed by atoms with E-state index in [1.165, 1.54) is 24.1 Å². The van der Waals surface area contributed by atoms with Crippen LogP contribution < -0.4 is 9.47 Å². The second-order valence-corrected chi connectivity index (χ2v) is 6.84. The SMILES string of the molecule is COc1cc(-c2noc(CN(C)C(C)c3cccs3)n2)ccc1OC(F)F. The number of hydrogen-bond acceptors (Lipinski definition) is 7. The molecule has 6 nitrogen and oxygen atoms in total. The van der Waals surface area contributed by atoms with Crippen molar-refractivity contribution in [1.29, 1.82) is 0 Å². The Balaban J connectivity index is 1.73. The lowest BCUT2D eigenvalue weighted by atomic mass is 10.2. The number of thiophene rings is 1. The standard InChI is InChI=1S/C18H19F2N3O3S/c1-11(15-5-4-8-27-15)23(2)10-16-21-17(22-26-16)12-6-7-13(25-18(19)20)14(9-12)24-3/h4-9,11,18H,10H2,1-3H3. The molecule has 9 heteroatoms. The fourth-order valence-corrected chi connectivity index (χ4v) is 3.38. The highest BCUT2D eigenvalue weighted by Crippen LogP contribution is 2.32. The van der Waals surface area contributed by atoms with Crippen LogP contribution in [-0.4, -0.2) is 35.8 Å². The average molecular weight is 395 g/mol. The van der Waals surface area contributed by atoms with Gasteiger partial charge in [-0.05, 0) is 43.6 Å². The Morgan fingerprint density at radius 1 is 1.26 bits per heavy atom. The van der Waals surface area contributed by atoms with Crippen molar-refractivity contribution in [3.8, 4) is 22.9 Å². The van der Waals surface area contributed by atoms with Gasteiger partial charge in [0, 0.05) is 16.5 Å². The molecule has 0 saturated heterocycles. The largest absolute Gasteiger partial charge is 0.493 e. The highest BCUT2D eigenvalue weighted by Gasteiger charge is 2.18. The fraction of sp³-hybridized carbons (Fsp3) is 0.333. The molecule has 0 aliphatic heterocycles. The van der Waals surface area contributed by atoms with E-state index in [1.54, 1.807) is 17.4 Å². The minimum atomic E-state index is -2.93. The molecule has 0 radical (unpaired) electrons. The summed E-state index contributed by atoms with van der Waals surface area (Å²) in [6.07, 6.45) is 0. The van der Waals surface area contributed by atoms with Crippen LogP contribution in [-0.2, 0) is 6.54 Å². The first-order valence-corrected chi connectivity index (χ1v) is 9.05. The van der Waals surface area contributed by atoms with E-state index in [4.69, 9.17) is 9.26 Å². The summed E-state index contributed by atoms with van der Waals surface area (Å²) in [6.45, 7) is -0.340. The molecule has 2 heterocycles. The predicted molar refractivity (Wildman–Crippen MR) is 97.1 cm³/mol. The number of benzene rings is 1. The van der Waals surface area contributed by atoms with Crippen LogP contribution in [0, 0.1) is 0 Å². The van der Waals surface area contributed by atoms with Crippen molar-refractivity contribution in [2.75, 3.05) is 14.2 Å². The third-order valence-electron chi connectivity index (χ3n) is 4.11. The topological polar surface area (TPSA) is 60.6 Å². The van der Waals surface area contributed by atoms with E-state index in [2.05, 4.69) is 32.8 Å². The number of ether oxygens (including phenoxy) is 2. The zero-order chi connectivity index (χ0) is 19.4. The van der Waals surface area contributed by atoms with Crippen molar-refractivity contribution in [1.82, 2.24) is 15.0 Å². The van der Waals surface area contributed by atoms with Gasteiger partial charge in [-0.2, -0.15) is 13.8 Å². The molecule has 1 aromatic carbocycles. The Labute approximate surface area is 159 Å². The first-order chi connectivity index (χ1) is 13.0. The van der Waals surface area contributed by atoms with Gasteiger partial charge in [0.05, 0.1) is 13.7 Å². The highest BCUT2D eigenvalue weighted by atomic mass is 32.1. The molecular formula is C18H19F2N3O3S. The normalized spacial score (nSPS) is 12.6. The molecule has 0 saturated carbocycles. The van der Waals surface area contributed by atoms with Gasteiger partial charge < -0.3 is 14.0 Å². The second kappa shape index (κ2) is 8.45. The number of alkyl halides is 2. The maximum absolute atomic E-state index is 12.4. The third kappa shape index (κ3) is 4.61. The van der Waals surface area contributed by atoms with E-state index in [9.17, 15) is 8.78 Å². The van der Waals surface area contributed by atoms with Gasteiger partial charge in [-0.1, -0.05) is 11.2 Å². The second-order valence-electron chi connectivity index (χ2n) is 5.86. The molecule has 0 amide bonds. The molecule has 2 aromatic heterocycles. The molecule has 0 N–H and O–H groups in total. The molecule has 1 atom stereocenters. The average Bonchev–Trinajstić information content (AvgIpc) is 3.33. The molecule has 27 heavy (non-hydrogen) atoms. The van der Waals surface area contributed by atoms with Gasteiger partial charge in [0.15, 0.2) is 11.5 Å². The Morgan fingerprint density at radius 2 is 2.07 bits per heavy atom. The van der Waals surface area contributed by atoms with Crippen LogP contribution in [0.4, 0.5) is 8.78 Å². The highest BCUT2D eigenvalue weighted by molar-refractivity contribution is 7.10. The lowest BCUT2D eigenvalue weighted by Gasteiger charge is -2.21. The summed E-state index contributed by atoms with van der Waals surface area (Å²) < 4.78 is 39.7. The lowest BCUT2D eigenvalue weighted by molar-refractivity contribution is -0.0512. The summed E-state index contributed by atoms with van der Waals surface area (Å²) in [4.78, 5) is 7.74. The molecule has 0 bridgehead atoms. The summed E-state index contributed by atoms with van der Waals surface area (Å²) in [5.41, 5.74) is 0.581. The Morgan fingerprint density at radius 3 is 2.74 bits per heavy atom. The van der Waals surface area contributed by atoms with E-state index in [0.717, 1.165) is 0 Å². The van der Waals surface area contributed by atoms with Crippen molar-refractivity contribution in [3.63, 3.8) is 0 Å². The van der Waals surface area contributed by atoms with Crippen molar-refractivity contribution in [2.45, 2.75) is 26.1 Å². The van der Waals surface area contributed by atoms with Gasteiger partial charge in [0.1, 0.15) is 0 Å². The summed E-state index contributed by atoms with van der Waals surface area (Å²) >= 11 is 1.69. The first kappa shape index (κ1) is 19.2. The van der Waals surface area contributed by atoms with Crippen molar-refractivity contribution in [3.05, 3.63) is 46.5 Å². The van der Waals surface area contributed by atoms with E-state index < -0.39 is 6.61 Å². The number of aromatic nitrogens is 2. The fourth-order valence-electron chi connectivity index (χ4n) is 2.53. The van der Waals surface area contributed by atoms with Gasteiger partial charge in [-0.3, -0.25) is 4.90 Å². The Kier molecular flexibility index (Phi) is 6.02. The molecule has 0 aliphatic carbocycles. The number of hydrogen-bond donors (Lipinski definition) is 0. The van der Waals surface area contributed by atoms with Crippen LogP contribution in [0.25, 0.3) is 11.4 Å². The summed E-state index contributed by atoms with van der Waals surface area (Å²) in [5, 5.41) is 6.01. The maximum atomic E-state index is 12.4. The van der Waals surface area contributed by atoms with Gasteiger partial charge in [-0.15, -0.1) is 11.3 Å². The summed E-state index contributed by atoms with van der Waals surface area (Å²) in [7, 11) is 3.35. The first-order valence-electron chi connectivity index (χ1n) is 8.17. The maximum Gasteiger partial charge on any atom is 0.387 e. The van der Waals surface area contributed by atoms with Crippen LogP contribution in [0.5, 0.6) is 11.5 Å². The van der Waals surface area contributed by atoms with E-state index in [-0.39, 0.29) is 17.5 Å². The van der Waals surface area contributed by atoms with Crippen molar-refractivity contribution in [2.24, 2.45) is 0 Å². The zero-order valence-electron chi connectivity index (χ0n) is 15.1. The number of halogens is 2. The Bertz CT molecular complexity index is 871. The van der Waals surface area contributed by atoms with Crippen LogP contribution in [0.1, 0.15) is 23.7 Å². The minimum absolute atomic E-state index is 0.0514. The molecule has 0 spiro atoms. The van der Waals surface area contributed by atoms with Crippen molar-refractivity contribution < 1.29 is 22.8 Å². The van der Waals surface area contributed by atoms with Gasteiger partial charge >= 0.3 is 6.61 Å². The van der Waals surface area contributed by atoms with E-state index >= 15 is 0 Å². The molecule has 3 rings (SSSR count). The van der Waals surface area contributed by atoms with E-state index in [1.807, 2.05) is 18.5 Å². The molecule has 0 aliphatic rings. The predicted octanol–water partition coefficient (Wildman–Crippen LogP) is 4.60. The van der Waals surface area contributed by atoms with Gasteiger partial charge in [-0.25, -0.2) is 0 Å². The summed E-state index contributed by atoms with van der Waals surface area (Å²) in [5.74, 6) is 0.930. The van der Waals surface area contributed by atoms with Gasteiger partial charge in [0.2, 0.25) is 11.7 Å². The number of methoxy groups -OCH3 is 1. The van der Waals surface area contributed by atoms with Gasteiger partial charge in [0.25, 0.3) is 0 Å². The smallest absolute Gasteiger partial charge is 0.387 e. The summed E-state index contributed by atoms with van der Waals surface area (Å²) in [6, 6.07) is 8.81. The zero-order valence-corrected chi connectivity index (χ0v) is 15.9. The van der Waals surface area contributed by atoms with Crippen molar-refractivity contribution >= 4 is 11.3 Å². The minimum Gasteiger partial charge on any atom is -0.493 e. The number of nitrogens with zero attached hydrogens (tertiary/aromatic N) is 3. The number of rotatable bonds is 8. The molecular weight excluding hydrogens is 376 g/mol. The quantitative estimate of drug-likeness (QED) is 0.555. The molecule has 3 aromatic rings. The molecule has 144 valence electrons. The molecule has 1 unspecified atom stereocenters. The van der Waals surface area contributed by atoms with Crippen LogP contribution in [0.3, 0.4) is 0 Å². The third-order valence-corrected chi connectivity index (χ3v) is 5.15. The van der Waals surface area contributed by atoms with Crippen LogP contribution in [0.15, 0.2) is 40.2 Å². The van der Waals surface area contributed by atoms with Crippen LogP contribution in [0.2, 0.25) is 0 Å². The Hall–Kier alpha value is -2.52. The van der Waals surface area contributed by atoms with E-state index in [0.29, 0.717) is 23.8 Å². The lowest BCUT2D eigenvalue weighted by Crippen LogP contribution is -2.21. The molecule has 0 fully saturated rings. The van der Waals surface area contributed by atoms with Crippen LogP contribution >= 0.6 is 11.3 Å².